The fourth-order valence-corrected chi connectivity index (χ4v) is 14.6. The number of hydrogen-bond acceptors (Lipinski definition) is 0. The quantitative estimate of drug-likeness (QED) is 0.237. The predicted octanol–water partition coefficient (Wildman–Crippen LogP) is 16.2. The third-order valence-electron chi connectivity index (χ3n) is 17.6. The molecular formula is C50H92. The Morgan fingerprint density at radius 2 is 0.760 bits per heavy atom. The van der Waals surface area contributed by atoms with E-state index in [-0.39, 0.29) is 0 Å². The van der Waals surface area contributed by atoms with Crippen molar-refractivity contribution in [3.63, 3.8) is 0 Å². The van der Waals surface area contributed by atoms with Crippen LogP contribution in [0.4, 0.5) is 0 Å². The van der Waals surface area contributed by atoms with Crippen LogP contribution < -0.4 is 0 Å². The zero-order valence-electron chi connectivity index (χ0n) is 37.1. The molecule has 8 aliphatic rings. The second-order valence-corrected chi connectivity index (χ2v) is 25.7. The number of hydrogen-bond donors (Lipinski definition) is 0. The summed E-state index contributed by atoms with van der Waals surface area (Å²) in [5.74, 6) is 9.46. The van der Waals surface area contributed by atoms with Crippen LogP contribution in [0.2, 0.25) is 0 Å². The summed E-state index contributed by atoms with van der Waals surface area (Å²) in [5.41, 5.74) is 4.46. The van der Waals surface area contributed by atoms with Gasteiger partial charge in [0.15, 0.2) is 0 Å². The van der Waals surface area contributed by atoms with Crippen LogP contribution in [0.1, 0.15) is 226 Å². The highest BCUT2D eigenvalue weighted by molar-refractivity contribution is 5.05. The van der Waals surface area contributed by atoms with Crippen LogP contribution in [0.5, 0.6) is 0 Å². The molecule has 0 saturated heterocycles. The molecule has 0 nitrogen and oxygen atoms in total. The van der Waals surface area contributed by atoms with Crippen LogP contribution in [0.25, 0.3) is 0 Å². The van der Waals surface area contributed by atoms with Crippen LogP contribution in [0.15, 0.2) is 0 Å². The second-order valence-electron chi connectivity index (χ2n) is 25.7. The molecule has 0 bridgehead atoms. The first kappa shape index (κ1) is 41.2. The summed E-state index contributed by atoms with van der Waals surface area (Å²) in [4.78, 5) is 0. The molecule has 8 fully saturated rings. The van der Waals surface area contributed by atoms with Gasteiger partial charge in [0.2, 0.25) is 0 Å². The minimum absolute atomic E-state index is 0.521. The highest BCUT2D eigenvalue weighted by Crippen LogP contribution is 2.65. The summed E-state index contributed by atoms with van der Waals surface area (Å²) < 4.78 is 0. The molecule has 0 heteroatoms. The Kier molecular flexibility index (Phi) is 12.0. The monoisotopic (exact) mass is 693 g/mol. The first-order valence-corrected chi connectivity index (χ1v) is 22.9. The van der Waals surface area contributed by atoms with E-state index in [1.165, 1.54) is 122 Å². The lowest BCUT2D eigenvalue weighted by atomic mass is 9.44. The fraction of sp³-hybridized carbons (Fsp3) is 1.00. The molecule has 0 aliphatic heterocycles. The van der Waals surface area contributed by atoms with E-state index in [4.69, 9.17) is 0 Å². The predicted molar refractivity (Wildman–Crippen MR) is 221 cm³/mol. The van der Waals surface area contributed by atoms with Gasteiger partial charge in [0.1, 0.15) is 0 Å². The van der Waals surface area contributed by atoms with Gasteiger partial charge in [-0.15, -0.1) is 0 Å². The van der Waals surface area contributed by atoms with Gasteiger partial charge < -0.3 is 0 Å². The minimum atomic E-state index is 0.521. The minimum Gasteiger partial charge on any atom is -0.0599 e. The van der Waals surface area contributed by atoms with Crippen molar-refractivity contribution in [1.82, 2.24) is 0 Å². The van der Waals surface area contributed by atoms with Gasteiger partial charge in [0, 0.05) is 0 Å². The Morgan fingerprint density at radius 1 is 0.340 bits per heavy atom. The molecule has 8 aliphatic carbocycles. The second kappa shape index (κ2) is 14.6. The van der Waals surface area contributed by atoms with Gasteiger partial charge in [-0.1, -0.05) is 149 Å². The van der Waals surface area contributed by atoms with E-state index in [0.717, 1.165) is 64.1 Å². The van der Waals surface area contributed by atoms with Gasteiger partial charge in [-0.3, -0.25) is 0 Å². The zero-order chi connectivity index (χ0) is 37.1. The molecule has 50 heavy (non-hydrogen) atoms. The largest absolute Gasteiger partial charge is 0.0599 e. The molecule has 0 heterocycles. The van der Waals surface area contributed by atoms with Gasteiger partial charge in [-0.05, 0) is 168 Å². The van der Waals surface area contributed by atoms with E-state index in [9.17, 15) is 0 Å². The lowest BCUT2D eigenvalue weighted by Gasteiger charge is -2.61. The summed E-state index contributed by atoms with van der Waals surface area (Å²) in [6.45, 7) is 36.5. The molecule has 9 atom stereocenters. The SMILES string of the molecule is CC(C)(C)C1CC2CCCC21.CC(C)(C)C1CCC12CCC2.CC(C)(C)C1CCC12CCCC2.CC(C)(C)C1CCCC2CC(C(C)(C)C)C21. The number of rotatable bonds is 0. The van der Waals surface area contributed by atoms with Crippen molar-refractivity contribution in [2.24, 2.45) is 91.2 Å². The van der Waals surface area contributed by atoms with Crippen LogP contribution in [0.3, 0.4) is 0 Å². The summed E-state index contributed by atoms with van der Waals surface area (Å²) in [6.07, 6.45) is 28.9. The topological polar surface area (TPSA) is 0 Å². The molecule has 292 valence electrons. The average Bonchev–Trinajstić information content (AvgIpc) is 3.48. The van der Waals surface area contributed by atoms with Crippen molar-refractivity contribution in [3.8, 4) is 0 Å². The van der Waals surface area contributed by atoms with Crippen molar-refractivity contribution < 1.29 is 0 Å². The molecule has 8 saturated carbocycles. The van der Waals surface area contributed by atoms with Crippen LogP contribution in [-0.2, 0) is 0 Å². The molecule has 0 aromatic carbocycles. The number of fused-ring (bicyclic) bond motifs is 2. The molecule has 9 unspecified atom stereocenters. The molecule has 2 spiro atoms. The van der Waals surface area contributed by atoms with E-state index in [0.29, 0.717) is 27.1 Å². The Bertz CT molecular complexity index is 1070. The van der Waals surface area contributed by atoms with E-state index in [2.05, 4.69) is 104 Å². The standard InChI is InChI=1S/C16H30.C12H22.2C11H20/c1-15(2,3)12-9-7-8-11-10-13(14(11)12)16(4,5)6;1-11(2,3)10-6-9-12(10)7-4-5-8-12;1-10(2,3)9-5-8-11(9)6-4-7-11;1-11(2,3)10-7-8-5-4-6-9(8)10/h11-14H,7-10H2,1-6H3;10H,4-9H2,1-3H3;9H,4-8H2,1-3H3;8-10H,4-7H2,1-3H3. The summed E-state index contributed by atoms with van der Waals surface area (Å²) in [7, 11) is 0. The third-order valence-corrected chi connectivity index (χ3v) is 17.6. The van der Waals surface area contributed by atoms with E-state index in [1.807, 2.05) is 0 Å². The molecule has 0 amide bonds. The molecule has 0 N–H and O–H groups in total. The van der Waals surface area contributed by atoms with Crippen molar-refractivity contribution in [2.45, 2.75) is 226 Å². The van der Waals surface area contributed by atoms with Crippen LogP contribution in [0, 0.1) is 91.2 Å². The van der Waals surface area contributed by atoms with Gasteiger partial charge in [0.05, 0.1) is 0 Å². The highest BCUT2D eigenvalue weighted by Gasteiger charge is 2.55. The summed E-state index contributed by atoms with van der Waals surface area (Å²) in [6, 6.07) is 0. The lowest BCUT2D eigenvalue weighted by Crippen LogP contribution is -2.52. The third kappa shape index (κ3) is 8.61. The molecular weight excluding hydrogens is 601 g/mol. The lowest BCUT2D eigenvalue weighted by molar-refractivity contribution is -0.105. The van der Waals surface area contributed by atoms with Crippen molar-refractivity contribution in [1.29, 1.82) is 0 Å². The molecule has 8 rings (SSSR count). The molecule has 0 aromatic rings. The van der Waals surface area contributed by atoms with Crippen molar-refractivity contribution >= 4 is 0 Å². The maximum atomic E-state index is 2.46. The molecule has 0 radical (unpaired) electrons. The Labute approximate surface area is 316 Å². The van der Waals surface area contributed by atoms with Crippen molar-refractivity contribution in [2.75, 3.05) is 0 Å². The smallest absolute Gasteiger partial charge is 0.0264 e. The van der Waals surface area contributed by atoms with Crippen molar-refractivity contribution in [3.05, 3.63) is 0 Å². The van der Waals surface area contributed by atoms with E-state index < -0.39 is 0 Å². The first-order valence-electron chi connectivity index (χ1n) is 22.9. The van der Waals surface area contributed by atoms with Gasteiger partial charge in [-0.2, -0.15) is 0 Å². The Balaban J connectivity index is 0.000000131. The van der Waals surface area contributed by atoms with E-state index >= 15 is 0 Å². The maximum Gasteiger partial charge on any atom is -0.0264 e. The Hall–Kier alpha value is 0. The highest BCUT2D eigenvalue weighted by atomic mass is 14.6. The normalized spacial score (nSPS) is 38.1. The first-order chi connectivity index (χ1) is 22.9. The van der Waals surface area contributed by atoms with Crippen LogP contribution >= 0.6 is 0 Å². The molecule has 0 aromatic heterocycles. The maximum absolute atomic E-state index is 2.46. The van der Waals surface area contributed by atoms with Crippen LogP contribution in [-0.4, -0.2) is 0 Å². The summed E-state index contributed by atoms with van der Waals surface area (Å²) >= 11 is 0. The van der Waals surface area contributed by atoms with Gasteiger partial charge >= 0.3 is 0 Å². The Morgan fingerprint density at radius 3 is 1.12 bits per heavy atom. The van der Waals surface area contributed by atoms with E-state index in [1.54, 1.807) is 0 Å². The van der Waals surface area contributed by atoms with Gasteiger partial charge in [-0.25, -0.2) is 0 Å². The fourth-order valence-electron chi connectivity index (χ4n) is 14.6. The zero-order valence-corrected chi connectivity index (χ0v) is 37.1. The average molecular weight is 693 g/mol. The summed E-state index contributed by atoms with van der Waals surface area (Å²) in [5, 5.41) is 0. The van der Waals surface area contributed by atoms with Gasteiger partial charge in [0.25, 0.3) is 0 Å².